The highest BCUT2D eigenvalue weighted by Crippen LogP contribution is 2.51. The average Bonchev–Trinajstić information content (AvgIpc) is 1.53. The lowest BCUT2D eigenvalue weighted by molar-refractivity contribution is 0.668. The Kier molecular flexibility index (Phi) is 17.6. The lowest BCUT2D eigenvalue weighted by Gasteiger charge is -2.19. The van der Waals surface area contributed by atoms with E-state index in [-0.39, 0.29) is 0 Å². The van der Waals surface area contributed by atoms with Crippen molar-refractivity contribution in [1.29, 1.82) is 0 Å². The summed E-state index contributed by atoms with van der Waals surface area (Å²) in [6.07, 6.45) is 0. The molecule has 0 radical (unpaired) electrons. The summed E-state index contributed by atoms with van der Waals surface area (Å²) in [6, 6.07) is 166. The fourth-order valence-electron chi connectivity index (χ4n) is 19.9. The Hall–Kier alpha value is -16.5. The van der Waals surface area contributed by atoms with Gasteiger partial charge in [0.05, 0.1) is 0 Å². The maximum Gasteiger partial charge on any atom is 0.143 e. The first-order valence-electron chi connectivity index (χ1n) is 42.9. The van der Waals surface area contributed by atoms with E-state index >= 15 is 0 Å². The molecule has 0 unspecified atom stereocenters. The van der Waals surface area contributed by atoms with Gasteiger partial charge in [0.2, 0.25) is 0 Å². The first-order valence-corrected chi connectivity index (χ1v) is 42.9. The van der Waals surface area contributed by atoms with Gasteiger partial charge in [-0.05, 0) is 242 Å². The van der Waals surface area contributed by atoms with Crippen LogP contribution >= 0.6 is 0 Å². The van der Waals surface area contributed by atoms with Crippen molar-refractivity contribution in [3.8, 4) is 100 Å². The maximum atomic E-state index is 6.52. The Morgan fingerprint density at radius 3 is 0.808 bits per heavy atom. The second kappa shape index (κ2) is 30.4. The van der Waals surface area contributed by atoms with Gasteiger partial charge in [0.15, 0.2) is 0 Å². The normalized spacial score (nSPS) is 11.7. The molecule has 0 aliphatic carbocycles. The van der Waals surface area contributed by atoms with Gasteiger partial charge in [0, 0.05) is 43.4 Å². The van der Waals surface area contributed by atoms with Crippen LogP contribution in [0.5, 0.6) is 0 Å². The Morgan fingerprint density at radius 1 is 0.112 bits per heavy atom. The average molecular weight is 1590 g/mol. The summed E-state index contributed by atoms with van der Waals surface area (Å²) in [5.74, 6) is 0. The highest BCUT2D eigenvalue weighted by Gasteiger charge is 2.25. The summed E-state index contributed by atoms with van der Waals surface area (Å²) in [4.78, 5) is 0. The highest BCUT2D eigenvalue weighted by atomic mass is 16.3. The molecule has 0 amide bonds. The van der Waals surface area contributed by atoms with E-state index in [9.17, 15) is 0 Å². The van der Waals surface area contributed by atoms with Gasteiger partial charge in [-0.1, -0.05) is 394 Å². The van der Waals surface area contributed by atoms with Crippen LogP contribution in [-0.4, -0.2) is 0 Å². The summed E-state index contributed by atoms with van der Waals surface area (Å²) in [7, 11) is 0. The summed E-state index contributed by atoms with van der Waals surface area (Å²) >= 11 is 0. The standard InChI is InChI=1S/2C42H26O.C38H24O/c1-2-11-27(12-3-1)28-21-23-31-29(25-28)13-10-19-34(31)42-37-17-6-4-15-35(37)41(36-16-5-7-18-38(36)42)30-22-24-33-32-14-8-9-20-39(32)43-40(33)26-30;1-2-10-27(11-3-1)28-18-19-30-25-31(21-20-29(30)24-28)41-35-13-4-6-15-37(35)42(38-16-7-5-14-36(38)41)32-22-23-34-33-12-8-9-17-39(33)43-40(34)26-32;1-2-12-25(13-3-1)26-14-10-15-27(24-26)36-29-17-4-6-19-31(29)37(32-20-7-5-18-30(32)36)34-22-11-21-33-28-16-8-9-23-35(28)39-38(33)34/h2*1-26H;1-24H. The molecule has 0 aliphatic heterocycles. The van der Waals surface area contributed by atoms with E-state index in [2.05, 4.69) is 431 Å². The number of rotatable bonds is 9. The van der Waals surface area contributed by atoms with Crippen LogP contribution in [0, 0.1) is 0 Å². The molecule has 3 heteroatoms. The third-order valence-corrected chi connectivity index (χ3v) is 25.6. The predicted molar refractivity (Wildman–Crippen MR) is 530 cm³/mol. The van der Waals surface area contributed by atoms with E-state index in [1.54, 1.807) is 0 Å². The zero-order valence-electron chi connectivity index (χ0n) is 68.1. The van der Waals surface area contributed by atoms with Crippen molar-refractivity contribution in [2.45, 2.75) is 0 Å². The van der Waals surface area contributed by atoms with Crippen LogP contribution in [0.3, 0.4) is 0 Å². The second-order valence-electron chi connectivity index (χ2n) is 32.6. The molecule has 0 bridgehead atoms. The van der Waals surface area contributed by atoms with Crippen LogP contribution in [0.2, 0.25) is 0 Å². The minimum atomic E-state index is 0.916. The van der Waals surface area contributed by atoms with E-state index in [4.69, 9.17) is 13.3 Å². The largest absolute Gasteiger partial charge is 0.456 e. The lowest BCUT2D eigenvalue weighted by Crippen LogP contribution is -1.91. The molecule has 0 atom stereocenters. The Balaban J connectivity index is 0.000000105. The van der Waals surface area contributed by atoms with Crippen LogP contribution in [-0.2, 0) is 0 Å². The molecule has 23 aromatic carbocycles. The molecule has 0 aliphatic rings. The first kappa shape index (κ1) is 72.5. The van der Waals surface area contributed by atoms with E-state index in [1.165, 1.54) is 170 Å². The van der Waals surface area contributed by atoms with Crippen molar-refractivity contribution in [1.82, 2.24) is 0 Å². The molecule has 3 nitrogen and oxygen atoms in total. The van der Waals surface area contributed by atoms with Gasteiger partial charge in [0.1, 0.15) is 33.5 Å². The smallest absolute Gasteiger partial charge is 0.143 e. The van der Waals surface area contributed by atoms with Gasteiger partial charge in [-0.25, -0.2) is 0 Å². The number of fused-ring (bicyclic) bond motifs is 17. The van der Waals surface area contributed by atoms with Gasteiger partial charge in [-0.15, -0.1) is 0 Å². The molecule has 582 valence electrons. The Bertz CT molecular complexity index is 8620. The maximum absolute atomic E-state index is 6.52. The van der Waals surface area contributed by atoms with Gasteiger partial charge >= 0.3 is 0 Å². The second-order valence-corrected chi connectivity index (χ2v) is 32.6. The zero-order chi connectivity index (χ0) is 82.4. The van der Waals surface area contributed by atoms with Gasteiger partial charge < -0.3 is 13.3 Å². The monoisotopic (exact) mass is 1590 g/mol. The van der Waals surface area contributed by atoms with E-state index < -0.39 is 0 Å². The van der Waals surface area contributed by atoms with Crippen LogP contribution in [0.25, 0.3) is 252 Å². The van der Waals surface area contributed by atoms with Crippen molar-refractivity contribution < 1.29 is 13.3 Å². The number of hydrogen-bond acceptors (Lipinski definition) is 3. The van der Waals surface area contributed by atoms with Gasteiger partial charge in [-0.3, -0.25) is 0 Å². The molecule has 3 heterocycles. The molecule has 0 spiro atoms. The summed E-state index contributed by atoms with van der Waals surface area (Å²) in [6.45, 7) is 0. The molecule has 0 fully saturated rings. The third kappa shape index (κ3) is 12.5. The third-order valence-electron chi connectivity index (χ3n) is 25.6. The molecule has 26 rings (SSSR count). The van der Waals surface area contributed by atoms with E-state index in [1.807, 2.05) is 30.3 Å². The number of furan rings is 3. The van der Waals surface area contributed by atoms with Crippen molar-refractivity contribution in [2.75, 3.05) is 0 Å². The molecule has 0 saturated heterocycles. The fourth-order valence-corrected chi connectivity index (χ4v) is 19.9. The van der Waals surface area contributed by atoms with Gasteiger partial charge in [0.25, 0.3) is 0 Å². The lowest BCUT2D eigenvalue weighted by atomic mass is 9.84. The van der Waals surface area contributed by atoms with Crippen molar-refractivity contribution in [2.24, 2.45) is 0 Å². The molecule has 0 saturated carbocycles. The Morgan fingerprint density at radius 2 is 0.368 bits per heavy atom. The molecule has 3 aromatic heterocycles. The summed E-state index contributed by atoms with van der Waals surface area (Å²) < 4.78 is 19.1. The van der Waals surface area contributed by atoms with Crippen molar-refractivity contribution in [3.05, 3.63) is 461 Å². The number of hydrogen-bond donors (Lipinski definition) is 0. The van der Waals surface area contributed by atoms with Crippen molar-refractivity contribution in [3.63, 3.8) is 0 Å². The number of para-hydroxylation sites is 4. The zero-order valence-corrected chi connectivity index (χ0v) is 68.1. The van der Waals surface area contributed by atoms with E-state index in [0.29, 0.717) is 0 Å². The molecule has 0 N–H and O–H groups in total. The molecule has 26 aromatic rings. The van der Waals surface area contributed by atoms with Crippen LogP contribution in [0.15, 0.2) is 474 Å². The molecular weight excluding hydrogens is 1510 g/mol. The van der Waals surface area contributed by atoms with Crippen LogP contribution in [0.4, 0.5) is 0 Å². The minimum Gasteiger partial charge on any atom is -0.456 e. The molecular formula is C122H76O3. The van der Waals surface area contributed by atoms with E-state index in [0.717, 1.165) is 82.5 Å². The topological polar surface area (TPSA) is 39.4 Å². The Labute approximate surface area is 721 Å². The predicted octanol–water partition coefficient (Wildman–Crippen LogP) is 35.0. The number of benzene rings is 23. The quantitative estimate of drug-likeness (QED) is 0.135. The highest BCUT2D eigenvalue weighted by molar-refractivity contribution is 6.28. The molecule has 125 heavy (non-hydrogen) atoms. The van der Waals surface area contributed by atoms with Crippen LogP contribution < -0.4 is 0 Å². The fraction of sp³-hybridized carbons (Fsp3) is 0. The minimum absolute atomic E-state index is 0.916. The van der Waals surface area contributed by atoms with Crippen molar-refractivity contribution >= 4 is 152 Å². The summed E-state index contributed by atoms with van der Waals surface area (Å²) in [5.41, 5.74) is 27.6. The van der Waals surface area contributed by atoms with Crippen LogP contribution in [0.1, 0.15) is 0 Å². The first-order chi connectivity index (χ1) is 62.0. The van der Waals surface area contributed by atoms with Gasteiger partial charge in [-0.2, -0.15) is 0 Å². The summed E-state index contributed by atoms with van der Waals surface area (Å²) in [5, 5.41) is 26.8. The SMILES string of the molecule is c1ccc(-c2ccc3c(-c4c5ccccc5c(-c5ccc6c(c5)oc5ccccc56)c5ccccc45)cccc3c2)cc1.c1ccc(-c2ccc3cc(-c4c5ccccc5c(-c5ccc6c(c5)oc5ccccc56)c5ccccc45)ccc3c2)cc1.c1ccc(-c2cccc(-c3c4ccccc4c(-c4cccc5c4oc4ccccc45)c4ccccc34)c2)cc1.